The molecule has 0 amide bonds. The number of ether oxygens (including phenoxy) is 1. The zero-order chi connectivity index (χ0) is 18.1. The van der Waals surface area contributed by atoms with E-state index < -0.39 is 0 Å². The molecule has 0 fully saturated rings. The van der Waals surface area contributed by atoms with Crippen molar-refractivity contribution in [3.8, 4) is 5.75 Å². The van der Waals surface area contributed by atoms with E-state index in [1.807, 2.05) is 17.6 Å². The molecule has 9 heteroatoms. The van der Waals surface area contributed by atoms with Crippen molar-refractivity contribution in [3.63, 3.8) is 0 Å². The normalized spacial score (nSPS) is 12.2. The summed E-state index contributed by atoms with van der Waals surface area (Å²) >= 11 is 0. The van der Waals surface area contributed by atoms with Crippen molar-refractivity contribution in [1.29, 1.82) is 0 Å². The van der Waals surface area contributed by atoms with Crippen LogP contribution in [0.15, 0.2) is 35.8 Å². The van der Waals surface area contributed by atoms with Gasteiger partial charge in [-0.25, -0.2) is 4.39 Å². The number of rotatable bonds is 8. The fourth-order valence-corrected chi connectivity index (χ4v) is 2.40. The lowest BCUT2D eigenvalue weighted by Crippen LogP contribution is -2.39. The predicted molar refractivity (Wildman–Crippen MR) is 111 cm³/mol. The first-order chi connectivity index (χ1) is 12.1. The summed E-state index contributed by atoms with van der Waals surface area (Å²) < 4.78 is 20.7. The number of halogens is 2. The number of aromatic nitrogens is 3. The Kier molecular flexibility index (Phi) is 9.92. The molecule has 1 aromatic carbocycles. The van der Waals surface area contributed by atoms with Gasteiger partial charge >= 0.3 is 0 Å². The van der Waals surface area contributed by atoms with Gasteiger partial charge in [0.05, 0.1) is 13.2 Å². The van der Waals surface area contributed by atoms with Crippen molar-refractivity contribution in [3.05, 3.63) is 42.2 Å². The molecule has 0 saturated heterocycles. The number of hydrogen-bond donors (Lipinski definition) is 2. The third-order valence-corrected chi connectivity index (χ3v) is 3.85. The average molecular weight is 476 g/mol. The monoisotopic (exact) mass is 476 g/mol. The van der Waals surface area contributed by atoms with Gasteiger partial charge in [0.2, 0.25) is 0 Å². The van der Waals surface area contributed by atoms with Crippen LogP contribution in [0.3, 0.4) is 0 Å². The van der Waals surface area contributed by atoms with Gasteiger partial charge in [0, 0.05) is 20.1 Å². The van der Waals surface area contributed by atoms with Gasteiger partial charge in [-0.05, 0) is 37.5 Å². The van der Waals surface area contributed by atoms with E-state index in [4.69, 9.17) is 4.74 Å². The first kappa shape index (κ1) is 22.1. The minimum absolute atomic E-state index is 0. The van der Waals surface area contributed by atoms with E-state index in [9.17, 15) is 4.39 Å². The Bertz CT molecular complexity index is 680. The minimum Gasteiger partial charge on any atom is -0.494 e. The second-order valence-corrected chi connectivity index (χ2v) is 5.67. The van der Waals surface area contributed by atoms with E-state index in [-0.39, 0.29) is 41.6 Å². The van der Waals surface area contributed by atoms with Crippen LogP contribution in [0.1, 0.15) is 31.4 Å². The van der Waals surface area contributed by atoms with Crippen LogP contribution < -0.4 is 15.4 Å². The highest BCUT2D eigenvalue weighted by atomic mass is 127. The lowest BCUT2D eigenvalue weighted by atomic mass is 10.1. The number of nitrogens with one attached hydrogen (secondary N) is 2. The van der Waals surface area contributed by atoms with Crippen molar-refractivity contribution in [2.75, 3.05) is 20.7 Å². The Hall–Kier alpha value is -1.91. The Morgan fingerprint density at radius 3 is 2.65 bits per heavy atom. The van der Waals surface area contributed by atoms with Crippen LogP contribution in [-0.2, 0) is 6.54 Å². The van der Waals surface area contributed by atoms with Crippen molar-refractivity contribution in [1.82, 2.24) is 25.4 Å². The highest BCUT2D eigenvalue weighted by Crippen LogP contribution is 2.21. The van der Waals surface area contributed by atoms with Crippen LogP contribution in [0.4, 0.5) is 4.39 Å². The highest BCUT2D eigenvalue weighted by Gasteiger charge is 2.11. The van der Waals surface area contributed by atoms with E-state index in [2.05, 4.69) is 25.8 Å². The number of aryl methyl sites for hydroxylation is 1. The quantitative estimate of drug-likeness (QED) is 0.265. The molecular weight excluding hydrogens is 450 g/mol. The molecule has 2 aromatic rings. The van der Waals surface area contributed by atoms with Crippen LogP contribution in [0.25, 0.3) is 0 Å². The Morgan fingerprint density at radius 2 is 2.04 bits per heavy atom. The number of methoxy groups -OCH3 is 1. The van der Waals surface area contributed by atoms with Crippen molar-refractivity contribution in [2.45, 2.75) is 32.4 Å². The molecular formula is C17H26FIN6O. The molecule has 1 heterocycles. The maximum Gasteiger partial charge on any atom is 0.191 e. The molecule has 2 N–H and O–H groups in total. The summed E-state index contributed by atoms with van der Waals surface area (Å²) in [5, 5.41) is 14.1. The fraction of sp³-hybridized carbons (Fsp3) is 0.471. The summed E-state index contributed by atoms with van der Waals surface area (Å²) in [7, 11) is 3.17. The summed E-state index contributed by atoms with van der Waals surface area (Å²) in [4.78, 5) is 4.21. The Balaban J connectivity index is 0.00000338. The molecule has 0 radical (unpaired) electrons. The molecule has 7 nitrogen and oxygen atoms in total. The van der Waals surface area contributed by atoms with Gasteiger partial charge in [-0.15, -0.1) is 34.2 Å². The molecule has 1 aromatic heterocycles. The van der Waals surface area contributed by atoms with E-state index in [0.29, 0.717) is 5.96 Å². The molecule has 1 atom stereocenters. The number of unbranched alkanes of at least 4 members (excludes halogenated alkanes) is 1. The van der Waals surface area contributed by atoms with Crippen LogP contribution in [-0.4, -0.2) is 41.4 Å². The largest absolute Gasteiger partial charge is 0.494 e. The third-order valence-electron chi connectivity index (χ3n) is 3.85. The third kappa shape index (κ3) is 6.77. The summed E-state index contributed by atoms with van der Waals surface area (Å²) in [5.74, 6) is 0.560. The summed E-state index contributed by atoms with van der Waals surface area (Å²) in [5.41, 5.74) is 0.828. The minimum atomic E-state index is -0.370. The second-order valence-electron chi connectivity index (χ2n) is 5.67. The number of aliphatic imine (C=N–C) groups is 1. The molecule has 26 heavy (non-hydrogen) atoms. The first-order valence-electron chi connectivity index (χ1n) is 8.27. The molecule has 0 aliphatic carbocycles. The van der Waals surface area contributed by atoms with Gasteiger partial charge in [-0.2, -0.15) is 0 Å². The van der Waals surface area contributed by atoms with Crippen LogP contribution in [0, 0.1) is 5.82 Å². The topological polar surface area (TPSA) is 76.4 Å². The number of hydrogen-bond acceptors (Lipinski definition) is 4. The SMILES string of the molecule is CN=C(NCCCCn1cnnc1)NC(C)c1ccc(OC)c(F)c1.I. The Morgan fingerprint density at radius 1 is 1.31 bits per heavy atom. The molecule has 0 spiro atoms. The number of benzene rings is 1. The van der Waals surface area contributed by atoms with E-state index in [0.717, 1.165) is 31.5 Å². The van der Waals surface area contributed by atoms with Gasteiger partial charge in [0.1, 0.15) is 12.7 Å². The molecule has 0 saturated carbocycles. The molecule has 0 aliphatic rings. The first-order valence-corrected chi connectivity index (χ1v) is 8.27. The summed E-state index contributed by atoms with van der Waals surface area (Å²) in [6, 6.07) is 4.86. The smallest absolute Gasteiger partial charge is 0.191 e. The van der Waals surface area contributed by atoms with Gasteiger partial charge in [-0.3, -0.25) is 4.99 Å². The van der Waals surface area contributed by atoms with E-state index in [1.54, 1.807) is 25.8 Å². The fourth-order valence-electron chi connectivity index (χ4n) is 2.40. The lowest BCUT2D eigenvalue weighted by molar-refractivity contribution is 0.386. The Labute approximate surface area is 170 Å². The molecule has 0 bridgehead atoms. The van der Waals surface area contributed by atoms with Crippen LogP contribution >= 0.6 is 24.0 Å². The zero-order valence-electron chi connectivity index (χ0n) is 15.3. The predicted octanol–water partition coefficient (Wildman–Crippen LogP) is 2.75. The molecule has 2 rings (SSSR count). The van der Waals surface area contributed by atoms with Crippen LogP contribution in [0.2, 0.25) is 0 Å². The molecule has 1 unspecified atom stereocenters. The average Bonchev–Trinajstić information content (AvgIpc) is 3.13. The van der Waals surface area contributed by atoms with E-state index >= 15 is 0 Å². The molecule has 0 aliphatic heterocycles. The van der Waals surface area contributed by atoms with Gasteiger partial charge < -0.3 is 19.9 Å². The van der Waals surface area contributed by atoms with Crippen LogP contribution in [0.5, 0.6) is 5.75 Å². The standard InChI is InChI=1S/C17H25FN6O.HI/c1-13(14-6-7-16(25-3)15(18)10-14)23-17(19-2)20-8-4-5-9-24-11-21-22-12-24;/h6-7,10-13H,4-5,8-9H2,1-3H3,(H2,19,20,23);1H. The van der Waals surface area contributed by atoms with Gasteiger partial charge in [0.25, 0.3) is 0 Å². The number of nitrogens with zero attached hydrogens (tertiary/aromatic N) is 4. The number of guanidine groups is 1. The molecule has 144 valence electrons. The summed E-state index contributed by atoms with van der Waals surface area (Å²) in [6.45, 7) is 3.65. The van der Waals surface area contributed by atoms with Crippen molar-refractivity contribution >= 4 is 29.9 Å². The maximum absolute atomic E-state index is 13.8. The van der Waals surface area contributed by atoms with Crippen molar-refractivity contribution in [2.24, 2.45) is 4.99 Å². The van der Waals surface area contributed by atoms with E-state index in [1.165, 1.54) is 13.2 Å². The van der Waals surface area contributed by atoms with Gasteiger partial charge in [-0.1, -0.05) is 6.07 Å². The second kappa shape index (κ2) is 11.7. The maximum atomic E-state index is 13.8. The van der Waals surface area contributed by atoms with Gasteiger partial charge in [0.15, 0.2) is 17.5 Å². The highest BCUT2D eigenvalue weighted by molar-refractivity contribution is 14.0. The van der Waals surface area contributed by atoms with Crippen molar-refractivity contribution < 1.29 is 9.13 Å². The zero-order valence-corrected chi connectivity index (χ0v) is 17.6. The lowest BCUT2D eigenvalue weighted by Gasteiger charge is -2.18. The summed E-state index contributed by atoms with van der Waals surface area (Å²) in [6.07, 6.45) is 5.43.